The van der Waals surface area contributed by atoms with Crippen LogP contribution in [0.5, 0.6) is 23.5 Å². The van der Waals surface area contributed by atoms with Crippen molar-refractivity contribution in [3.05, 3.63) is 84.3 Å². The molecule has 0 spiro atoms. The first-order valence-electron chi connectivity index (χ1n) is 25.7. The second-order valence-corrected chi connectivity index (χ2v) is 19.3. The van der Waals surface area contributed by atoms with Gasteiger partial charge in [-0.15, -0.1) is 5.10 Å². The van der Waals surface area contributed by atoms with Gasteiger partial charge in [0.25, 0.3) is 6.01 Å². The van der Waals surface area contributed by atoms with Crippen molar-refractivity contribution >= 4 is 57.0 Å². The summed E-state index contributed by atoms with van der Waals surface area (Å²) in [5, 5.41) is 29.5. The zero-order valence-corrected chi connectivity index (χ0v) is 44.1. The molecule has 1 aliphatic rings. The fourth-order valence-corrected chi connectivity index (χ4v) is 8.78. The summed E-state index contributed by atoms with van der Waals surface area (Å²) < 4.78 is 36.1. The van der Waals surface area contributed by atoms with Crippen molar-refractivity contribution in [2.75, 3.05) is 72.0 Å². The molecule has 23 heteroatoms. The van der Waals surface area contributed by atoms with Crippen LogP contribution in [0, 0.1) is 11.3 Å². The van der Waals surface area contributed by atoms with Gasteiger partial charge in [-0.05, 0) is 67.3 Å². The maximum Gasteiger partial charge on any atom is 0.320 e. The number of carbonyl (C=O) groups is 3. The Bertz CT molecular complexity index is 3120. The minimum absolute atomic E-state index is 0.00543. The number of unbranched alkanes of at least 4 members (excludes halogenated alkanes) is 1. The number of fused-ring (bicyclic) bond motifs is 2. The van der Waals surface area contributed by atoms with Crippen molar-refractivity contribution < 1.29 is 47.9 Å². The number of imidazole rings is 1. The number of nitrogens with zero attached hydrogens (tertiary/aromatic N) is 9. The van der Waals surface area contributed by atoms with E-state index >= 15 is 0 Å². The second-order valence-electron chi connectivity index (χ2n) is 19.3. The van der Waals surface area contributed by atoms with Crippen molar-refractivity contribution in [2.24, 2.45) is 11.3 Å². The zero-order valence-electron chi connectivity index (χ0n) is 44.1. The Morgan fingerprint density at radius 2 is 1.52 bits per heavy atom. The summed E-state index contributed by atoms with van der Waals surface area (Å²) in [5.74, 6) is 1.35. The van der Waals surface area contributed by atoms with Gasteiger partial charge >= 0.3 is 6.01 Å². The van der Waals surface area contributed by atoms with E-state index in [1.54, 1.807) is 26.0 Å². The number of amides is 2. The summed E-state index contributed by atoms with van der Waals surface area (Å²) in [6.45, 7) is 7.00. The van der Waals surface area contributed by atoms with Gasteiger partial charge in [0.05, 0.1) is 44.1 Å². The Labute approximate surface area is 445 Å². The van der Waals surface area contributed by atoms with E-state index in [2.05, 4.69) is 51.2 Å². The topological polar surface area (TPSA) is 289 Å². The van der Waals surface area contributed by atoms with Crippen molar-refractivity contribution in [3.8, 4) is 34.8 Å². The normalized spacial score (nSPS) is 12.9. The van der Waals surface area contributed by atoms with E-state index in [0.29, 0.717) is 93.0 Å². The Morgan fingerprint density at radius 1 is 0.818 bits per heavy atom. The molecule has 1 fully saturated rings. The molecule has 0 bridgehead atoms. The molecule has 4 heterocycles. The number of benzene rings is 3. The molecule has 4 aromatic heterocycles. The third-order valence-corrected chi connectivity index (χ3v) is 13.3. The van der Waals surface area contributed by atoms with Gasteiger partial charge in [0.15, 0.2) is 34.3 Å². The fraction of sp³-hybridized carbons (Fsp3) is 0.444. The molecule has 1 saturated carbocycles. The predicted octanol–water partition coefficient (Wildman–Crippen LogP) is 5.94. The highest BCUT2D eigenvalue weighted by Gasteiger charge is 2.45. The van der Waals surface area contributed by atoms with Gasteiger partial charge in [0.1, 0.15) is 37.7 Å². The van der Waals surface area contributed by atoms with Crippen LogP contribution in [-0.4, -0.2) is 134 Å². The maximum atomic E-state index is 14.0. The third kappa shape index (κ3) is 14.7. The lowest BCUT2D eigenvalue weighted by atomic mass is 9.78. The summed E-state index contributed by atoms with van der Waals surface area (Å²) >= 11 is 0. The summed E-state index contributed by atoms with van der Waals surface area (Å²) in [6, 6.07) is 18.0. The number of anilines is 3. The number of nitrogen functional groups attached to an aromatic ring is 1. The minimum atomic E-state index is -0.692. The first-order valence-corrected chi connectivity index (χ1v) is 25.7. The van der Waals surface area contributed by atoms with E-state index in [1.807, 2.05) is 80.7 Å². The van der Waals surface area contributed by atoms with Crippen molar-refractivity contribution in [1.29, 1.82) is 0 Å². The Morgan fingerprint density at radius 3 is 2.25 bits per heavy atom. The summed E-state index contributed by atoms with van der Waals surface area (Å²) in [7, 11) is 4.78. The molecule has 2 amide bonds. The molecule has 7 aromatic rings. The number of carbonyl (C=O) groups excluding carboxylic acids is 3. The molecule has 1 unspecified atom stereocenters. The number of hydrogen-bond acceptors (Lipinski definition) is 19. The van der Waals surface area contributed by atoms with Gasteiger partial charge in [-0.3, -0.25) is 23.6 Å². The van der Waals surface area contributed by atoms with Crippen LogP contribution in [0.25, 0.3) is 33.3 Å². The van der Waals surface area contributed by atoms with E-state index in [9.17, 15) is 19.5 Å². The molecule has 3 aromatic carbocycles. The van der Waals surface area contributed by atoms with E-state index < -0.39 is 11.5 Å². The maximum absolute atomic E-state index is 14.0. The number of methoxy groups -OCH3 is 3. The summed E-state index contributed by atoms with van der Waals surface area (Å²) in [5.41, 5.74) is 10.7. The first kappa shape index (κ1) is 55.2. The average Bonchev–Trinajstić information content (AvgIpc) is 4.13. The largest absolute Gasteiger partial charge is 0.487 e. The number of Topliss-reactive ketones (excluding diaryl/α,β-unsaturated/α-hetero) is 1. The number of nitrogens with two attached hydrogens (primary N) is 1. The van der Waals surface area contributed by atoms with Gasteiger partial charge in [-0.1, -0.05) is 55.5 Å². The number of aromatic nitrogens is 9. The molecule has 1 atom stereocenters. The fourth-order valence-electron chi connectivity index (χ4n) is 8.78. The van der Waals surface area contributed by atoms with Gasteiger partial charge in [-0.2, -0.15) is 15.0 Å². The molecule has 408 valence electrons. The average molecular weight is 1060 g/mol. The molecular formula is C54H67N13O10. The Kier molecular flexibility index (Phi) is 18.8. The standard InChI is InChI=1S/C54H67N13O10/c1-54(2,37-16-17-37)48(70)40(60-46(69)19-18-45(68)56-30-34-12-14-35(15-13-34)31-67-51-47(61-53(67)71)49(55)62-52(63-51)77-26-23-74-5)11-6-7-20-66-32-42(64-65-66)36-9-8-10-38(27-36)59-50-39-28-43(75-24-21-72-3)44(76-25-22-73-4)29-41(39)57-33-58-50/h8-10,12-15,27-29,32-33,37,40H,6-7,11,16-26,30-31H2,1-5H3,(H,56,68)(H,60,69)(H,61,71)(H2,55,62,63)(H,57,58,59). The smallest absolute Gasteiger partial charge is 0.320 e. The van der Waals surface area contributed by atoms with Crippen LogP contribution in [0.1, 0.15) is 69.9 Å². The summed E-state index contributed by atoms with van der Waals surface area (Å²) in [4.78, 5) is 62.0. The van der Waals surface area contributed by atoms with Crippen molar-refractivity contribution in [2.45, 2.75) is 84.5 Å². The predicted molar refractivity (Wildman–Crippen MR) is 286 cm³/mol. The highest BCUT2D eigenvalue weighted by atomic mass is 16.5. The third-order valence-electron chi connectivity index (χ3n) is 13.3. The van der Waals surface area contributed by atoms with Gasteiger partial charge in [0.2, 0.25) is 11.8 Å². The lowest BCUT2D eigenvalue weighted by molar-refractivity contribution is -0.134. The molecule has 23 nitrogen and oxygen atoms in total. The van der Waals surface area contributed by atoms with Crippen LogP contribution >= 0.6 is 0 Å². The molecule has 1 aliphatic carbocycles. The monoisotopic (exact) mass is 1060 g/mol. The van der Waals surface area contributed by atoms with Crippen LogP contribution in [0.3, 0.4) is 0 Å². The first-order chi connectivity index (χ1) is 37.3. The quantitative estimate of drug-likeness (QED) is 0.0314. The van der Waals surface area contributed by atoms with Crippen LogP contribution in [0.15, 0.2) is 73.2 Å². The highest BCUT2D eigenvalue weighted by molar-refractivity contribution is 5.94. The lowest BCUT2D eigenvalue weighted by Gasteiger charge is -2.29. The highest BCUT2D eigenvalue weighted by Crippen LogP contribution is 2.46. The van der Waals surface area contributed by atoms with Crippen LogP contribution in [-0.2, 0) is 48.2 Å². The number of aromatic hydroxyl groups is 1. The Balaban J connectivity index is 0.813. The number of nitrogens with one attached hydrogen (secondary N) is 3. The summed E-state index contributed by atoms with van der Waals surface area (Å²) in [6.07, 6.45) is 7.00. The van der Waals surface area contributed by atoms with E-state index in [1.165, 1.54) is 10.9 Å². The van der Waals surface area contributed by atoms with Gasteiger partial charge in [0, 0.05) is 75.4 Å². The van der Waals surface area contributed by atoms with Crippen molar-refractivity contribution in [1.82, 2.24) is 55.1 Å². The van der Waals surface area contributed by atoms with E-state index in [4.69, 9.17) is 34.2 Å². The molecule has 0 saturated heterocycles. The molecule has 77 heavy (non-hydrogen) atoms. The molecule has 8 rings (SSSR count). The minimum Gasteiger partial charge on any atom is -0.487 e. The zero-order chi connectivity index (χ0) is 54.3. The second kappa shape index (κ2) is 26.2. The molecule has 0 radical (unpaired) electrons. The number of ketones is 1. The number of ether oxygens (including phenoxy) is 6. The van der Waals surface area contributed by atoms with Gasteiger partial charge < -0.3 is 55.2 Å². The number of aryl methyl sites for hydroxylation is 1. The van der Waals surface area contributed by atoms with E-state index in [0.717, 1.165) is 40.6 Å². The van der Waals surface area contributed by atoms with Crippen LogP contribution in [0.4, 0.5) is 17.3 Å². The van der Waals surface area contributed by atoms with Gasteiger partial charge in [-0.25, -0.2) is 9.97 Å². The number of rotatable bonds is 31. The van der Waals surface area contributed by atoms with E-state index in [-0.39, 0.29) is 79.4 Å². The lowest BCUT2D eigenvalue weighted by Crippen LogP contribution is -2.47. The van der Waals surface area contributed by atoms with Crippen molar-refractivity contribution in [3.63, 3.8) is 0 Å². The Hall–Kier alpha value is -8.02. The molecule has 6 N–H and O–H groups in total. The van der Waals surface area contributed by atoms with Crippen LogP contribution in [0.2, 0.25) is 0 Å². The number of hydrogen-bond donors (Lipinski definition) is 5. The SMILES string of the molecule is COCCOc1nc(N)c2nc(O)n(Cc3ccc(CNC(=O)CCC(=O)NC(CCCCn4cc(-c5cccc(Nc6ncnc7cc(OCCOC)c(OCCOC)cc67)c5)nn4)C(=O)C(C)(C)C4CC4)cc3)c2n1. The molecule has 0 aliphatic heterocycles. The van der Waals surface area contributed by atoms with Crippen LogP contribution < -0.4 is 35.9 Å². The molecular weight excluding hydrogens is 991 g/mol.